The lowest BCUT2D eigenvalue weighted by atomic mass is 10.0. The first kappa shape index (κ1) is 18.7. The molecule has 4 aromatic rings. The molecule has 0 atom stereocenters. The summed E-state index contributed by atoms with van der Waals surface area (Å²) >= 11 is 0. The predicted molar refractivity (Wildman–Crippen MR) is 108 cm³/mol. The molecule has 0 saturated carbocycles. The first-order valence-electron chi connectivity index (χ1n) is 8.59. The van der Waals surface area contributed by atoms with Crippen molar-refractivity contribution >= 4 is 16.7 Å². The molecule has 27 heavy (non-hydrogen) atoms. The van der Waals surface area contributed by atoms with Gasteiger partial charge < -0.3 is 14.8 Å². The number of aryl methyl sites for hydroxylation is 4. The second kappa shape index (κ2) is 6.90. The molecular weight excluding hydrogens is 340 g/mol. The highest BCUT2D eigenvalue weighted by atomic mass is 16.5. The van der Waals surface area contributed by atoms with Crippen LogP contribution in [-0.2, 0) is 13.6 Å². The Bertz CT molecular complexity index is 1080. The summed E-state index contributed by atoms with van der Waals surface area (Å²) in [6.45, 7) is 8.70. The largest absolute Gasteiger partial charge is 0.379 e. The zero-order chi connectivity index (χ0) is 18.4. The monoisotopic (exact) mass is 366 g/mol. The van der Waals surface area contributed by atoms with Crippen molar-refractivity contribution in [2.24, 2.45) is 7.05 Å². The van der Waals surface area contributed by atoms with E-state index in [0.29, 0.717) is 6.54 Å². The van der Waals surface area contributed by atoms with Crippen molar-refractivity contribution in [3.63, 3.8) is 0 Å². The fourth-order valence-corrected chi connectivity index (χ4v) is 3.48. The molecule has 0 amide bonds. The van der Waals surface area contributed by atoms with Crippen LogP contribution < -0.4 is 5.32 Å². The van der Waals surface area contributed by atoms with E-state index in [4.69, 9.17) is 4.52 Å². The molecule has 0 bridgehead atoms. The summed E-state index contributed by atoms with van der Waals surface area (Å²) in [5, 5.41) is 12.1. The number of nitrogens with zero attached hydrogens (tertiary/aromatic N) is 4. The van der Waals surface area contributed by atoms with Gasteiger partial charge in [0.05, 0.1) is 28.9 Å². The molecule has 2 N–H and O–H groups in total. The molecule has 4 rings (SSSR count). The molecule has 0 aliphatic heterocycles. The van der Waals surface area contributed by atoms with Gasteiger partial charge in [-0.25, -0.2) is 4.98 Å². The number of benzene rings is 1. The van der Waals surface area contributed by atoms with Gasteiger partial charge in [0.25, 0.3) is 0 Å². The predicted octanol–water partition coefficient (Wildman–Crippen LogP) is 4.43. The normalized spacial score (nSPS) is 11.0. The first-order chi connectivity index (χ1) is 12.5. The van der Waals surface area contributed by atoms with Gasteiger partial charge in [-0.3, -0.25) is 4.68 Å². The Morgan fingerprint density at radius 1 is 1.15 bits per heavy atom. The van der Waals surface area contributed by atoms with Crippen molar-refractivity contribution in [3.8, 4) is 11.1 Å². The van der Waals surface area contributed by atoms with Crippen LogP contribution in [0.2, 0.25) is 0 Å². The highest BCUT2D eigenvalue weighted by Gasteiger charge is 2.16. The molecule has 1 aromatic carbocycles. The Morgan fingerprint density at radius 3 is 2.56 bits per heavy atom. The fourth-order valence-electron chi connectivity index (χ4n) is 3.48. The number of rotatable bonds is 4. The Labute approximate surface area is 158 Å². The van der Waals surface area contributed by atoms with Gasteiger partial charge in [0.1, 0.15) is 11.3 Å². The number of hydrogen-bond donors (Lipinski definition) is 2. The third kappa shape index (κ3) is 3.09. The molecule has 0 unspecified atom stereocenters. The zero-order valence-electron chi connectivity index (χ0n) is 15.6. The summed E-state index contributed by atoms with van der Waals surface area (Å²) in [5.74, 6) is 0.811. The number of H-pyrrole nitrogens is 1. The van der Waals surface area contributed by atoms with Crippen molar-refractivity contribution in [3.05, 3.63) is 46.9 Å². The van der Waals surface area contributed by atoms with Crippen molar-refractivity contribution in [2.75, 3.05) is 5.32 Å². The van der Waals surface area contributed by atoms with Gasteiger partial charge in [0, 0.05) is 30.4 Å². The van der Waals surface area contributed by atoms with Crippen LogP contribution in [-0.4, -0.2) is 24.9 Å². The van der Waals surface area contributed by atoms with Gasteiger partial charge in [0.15, 0.2) is 0 Å². The third-order valence-electron chi connectivity index (χ3n) is 4.96. The van der Waals surface area contributed by atoms with Crippen LogP contribution in [0.5, 0.6) is 0 Å². The Balaban J connectivity index is 0.00000210. The number of nitrogens with one attached hydrogen (secondary N) is 2. The standard InChI is InChI=1S/C19H22N6O.CH4/c1-10-15(12(3)25(5)23-10)8-20-16-6-14(7-17-19(16)22-9-21-17)18-11(2)24-26-13(18)4;/h6-7,9,20H,8H2,1-5H3,(H,21,22);1H4. The topological polar surface area (TPSA) is 84.6 Å². The van der Waals surface area contributed by atoms with Crippen LogP contribution in [0.1, 0.15) is 35.8 Å². The molecule has 0 saturated heterocycles. The molecule has 3 aromatic heterocycles. The summed E-state index contributed by atoms with van der Waals surface area (Å²) in [6, 6.07) is 4.19. The van der Waals surface area contributed by atoms with Gasteiger partial charge >= 0.3 is 0 Å². The maximum absolute atomic E-state index is 5.34. The van der Waals surface area contributed by atoms with Gasteiger partial charge in [0.2, 0.25) is 0 Å². The van der Waals surface area contributed by atoms with Crippen molar-refractivity contribution in [1.29, 1.82) is 0 Å². The second-order valence-electron chi connectivity index (χ2n) is 6.65. The molecule has 0 aliphatic rings. The molecule has 0 aliphatic carbocycles. The van der Waals surface area contributed by atoms with Crippen molar-refractivity contribution < 1.29 is 4.52 Å². The van der Waals surface area contributed by atoms with Crippen molar-refractivity contribution in [1.82, 2.24) is 24.9 Å². The smallest absolute Gasteiger partial charge is 0.141 e. The summed E-state index contributed by atoms with van der Waals surface area (Å²) in [6.07, 6.45) is 1.72. The van der Waals surface area contributed by atoms with Gasteiger partial charge in [-0.15, -0.1) is 0 Å². The molecular formula is C20H26N6O. The molecule has 7 nitrogen and oxygen atoms in total. The molecule has 0 fully saturated rings. The van der Waals surface area contributed by atoms with Crippen molar-refractivity contribution in [2.45, 2.75) is 41.7 Å². The number of aromatic nitrogens is 5. The van der Waals surface area contributed by atoms with Gasteiger partial charge in [-0.05, 0) is 45.4 Å². The fraction of sp³-hybridized carbons (Fsp3) is 0.350. The van der Waals surface area contributed by atoms with Crippen LogP contribution >= 0.6 is 0 Å². The molecule has 3 heterocycles. The third-order valence-corrected chi connectivity index (χ3v) is 4.96. The van der Waals surface area contributed by atoms with E-state index < -0.39 is 0 Å². The minimum Gasteiger partial charge on any atom is -0.379 e. The first-order valence-corrected chi connectivity index (χ1v) is 8.59. The van der Waals surface area contributed by atoms with Crippen LogP contribution in [0.4, 0.5) is 5.69 Å². The highest BCUT2D eigenvalue weighted by Crippen LogP contribution is 2.33. The number of aromatic amines is 1. The van der Waals surface area contributed by atoms with E-state index >= 15 is 0 Å². The van der Waals surface area contributed by atoms with Gasteiger partial charge in [-0.1, -0.05) is 12.6 Å². The van der Waals surface area contributed by atoms with E-state index in [9.17, 15) is 0 Å². The van der Waals surface area contributed by atoms with E-state index in [-0.39, 0.29) is 7.43 Å². The highest BCUT2D eigenvalue weighted by molar-refractivity contribution is 5.93. The molecule has 7 heteroatoms. The quantitative estimate of drug-likeness (QED) is 0.558. The summed E-state index contributed by atoms with van der Waals surface area (Å²) in [5.41, 5.74) is 9.24. The molecule has 0 radical (unpaired) electrons. The Hall–Kier alpha value is -3.09. The number of anilines is 1. The average Bonchev–Trinajstić information content (AvgIpc) is 3.26. The average molecular weight is 366 g/mol. The van der Waals surface area contributed by atoms with E-state index in [1.54, 1.807) is 6.33 Å². The minimum atomic E-state index is 0. The molecule has 142 valence electrons. The number of imidazole rings is 1. The van der Waals surface area contributed by atoms with Crippen LogP contribution in [0, 0.1) is 27.7 Å². The van der Waals surface area contributed by atoms with E-state index in [0.717, 1.165) is 50.7 Å². The molecule has 0 spiro atoms. The summed E-state index contributed by atoms with van der Waals surface area (Å²) in [7, 11) is 1.97. The maximum Gasteiger partial charge on any atom is 0.141 e. The second-order valence-corrected chi connectivity index (χ2v) is 6.65. The lowest BCUT2D eigenvalue weighted by Crippen LogP contribution is -2.03. The minimum absolute atomic E-state index is 0. The SMILES string of the molecule is C.Cc1nn(C)c(C)c1CNc1cc(-c2c(C)noc2C)cc2[nH]cnc12. The van der Waals surface area contributed by atoms with Crippen LogP contribution in [0.3, 0.4) is 0 Å². The number of hydrogen-bond acceptors (Lipinski definition) is 5. The van der Waals surface area contributed by atoms with Gasteiger partial charge in [-0.2, -0.15) is 5.10 Å². The summed E-state index contributed by atoms with van der Waals surface area (Å²) < 4.78 is 7.25. The maximum atomic E-state index is 5.34. The van der Waals surface area contributed by atoms with Crippen LogP contribution in [0.25, 0.3) is 22.2 Å². The summed E-state index contributed by atoms with van der Waals surface area (Å²) in [4.78, 5) is 7.68. The van der Waals surface area contributed by atoms with E-state index in [2.05, 4.69) is 44.6 Å². The Kier molecular flexibility index (Phi) is 4.78. The van der Waals surface area contributed by atoms with E-state index in [1.165, 1.54) is 5.56 Å². The van der Waals surface area contributed by atoms with E-state index in [1.807, 2.05) is 32.5 Å². The zero-order valence-corrected chi connectivity index (χ0v) is 15.6. The van der Waals surface area contributed by atoms with Crippen LogP contribution in [0.15, 0.2) is 23.0 Å². The Morgan fingerprint density at radius 2 is 1.93 bits per heavy atom. The lowest BCUT2D eigenvalue weighted by Gasteiger charge is -2.10. The lowest BCUT2D eigenvalue weighted by molar-refractivity contribution is 0.393. The number of fused-ring (bicyclic) bond motifs is 1.